The summed E-state index contributed by atoms with van der Waals surface area (Å²) in [6, 6.07) is 0. The van der Waals surface area contributed by atoms with Gasteiger partial charge in [-0.2, -0.15) is 0 Å². The second-order valence-electron chi connectivity index (χ2n) is 4.96. The molecule has 5 nitrogen and oxygen atoms in total. The van der Waals surface area contributed by atoms with Crippen molar-refractivity contribution in [3.63, 3.8) is 0 Å². The molecule has 102 valence electrons. The molecule has 2 aromatic rings. The highest BCUT2D eigenvalue weighted by molar-refractivity contribution is 7.15. The highest BCUT2D eigenvalue weighted by atomic mass is 32.1. The number of carboxylic acids is 1. The van der Waals surface area contributed by atoms with E-state index in [-0.39, 0.29) is 6.54 Å². The van der Waals surface area contributed by atoms with Crippen LogP contribution in [0.25, 0.3) is 4.96 Å². The van der Waals surface area contributed by atoms with Crippen molar-refractivity contribution in [3.05, 3.63) is 17.3 Å². The van der Waals surface area contributed by atoms with Gasteiger partial charge >= 0.3 is 0 Å². The molecule has 0 unspecified atom stereocenters. The molecule has 1 N–H and O–H groups in total. The molecule has 6 heteroatoms. The number of fused-ring (bicyclic) bond motifs is 1. The highest BCUT2D eigenvalue weighted by Crippen LogP contribution is 2.37. The average Bonchev–Trinajstić information content (AvgIpc) is 2.98. The van der Waals surface area contributed by atoms with Crippen LogP contribution in [0.3, 0.4) is 0 Å². The molecule has 3 rings (SSSR count). The minimum atomic E-state index is -1.10. The third kappa shape index (κ3) is 2.45. The van der Waals surface area contributed by atoms with E-state index in [4.69, 9.17) is 0 Å². The predicted molar refractivity (Wildman–Crippen MR) is 72.4 cm³/mol. The summed E-state index contributed by atoms with van der Waals surface area (Å²) in [4.78, 5) is 16.3. The van der Waals surface area contributed by atoms with E-state index < -0.39 is 5.97 Å². The molecular formula is C13H16N3O2S-. The van der Waals surface area contributed by atoms with Crippen molar-refractivity contribution in [2.75, 3.05) is 11.9 Å². The van der Waals surface area contributed by atoms with E-state index in [1.807, 2.05) is 16.0 Å². The van der Waals surface area contributed by atoms with Gasteiger partial charge in [0, 0.05) is 17.5 Å². The number of anilines is 1. The van der Waals surface area contributed by atoms with Crippen LogP contribution >= 0.6 is 11.3 Å². The maximum Gasteiger partial charge on any atom is 0.195 e. The number of nitrogens with zero attached hydrogens (tertiary/aromatic N) is 2. The molecule has 19 heavy (non-hydrogen) atoms. The van der Waals surface area contributed by atoms with Gasteiger partial charge in [0.25, 0.3) is 0 Å². The predicted octanol–water partition coefficient (Wildman–Crippen LogP) is 1.61. The van der Waals surface area contributed by atoms with Crippen molar-refractivity contribution in [3.8, 4) is 0 Å². The lowest BCUT2D eigenvalue weighted by Gasteiger charge is -2.21. The molecule has 1 fully saturated rings. The summed E-state index contributed by atoms with van der Waals surface area (Å²) >= 11 is 1.57. The Morgan fingerprint density at radius 3 is 3.00 bits per heavy atom. The van der Waals surface area contributed by atoms with Gasteiger partial charge in [0.2, 0.25) is 0 Å². The SMILES string of the molecule is O=C([O-])CNc1c(C2CCCCC2)nc2sccn12. The number of imidazole rings is 1. The van der Waals surface area contributed by atoms with E-state index in [1.54, 1.807) is 11.3 Å². The lowest BCUT2D eigenvalue weighted by atomic mass is 9.87. The minimum absolute atomic E-state index is 0.177. The van der Waals surface area contributed by atoms with Gasteiger partial charge in [-0.1, -0.05) is 19.3 Å². The van der Waals surface area contributed by atoms with Gasteiger partial charge in [0.15, 0.2) is 4.96 Å². The summed E-state index contributed by atoms with van der Waals surface area (Å²) in [6.07, 6.45) is 7.97. The van der Waals surface area contributed by atoms with Crippen LogP contribution in [0.1, 0.15) is 43.7 Å². The maximum atomic E-state index is 10.7. The number of hydrogen-bond donors (Lipinski definition) is 1. The topological polar surface area (TPSA) is 69.5 Å². The van der Waals surface area contributed by atoms with Gasteiger partial charge in [-0.05, 0) is 12.8 Å². The summed E-state index contributed by atoms with van der Waals surface area (Å²) in [6.45, 7) is -0.177. The number of carboxylic acid groups (broad SMARTS) is 1. The van der Waals surface area contributed by atoms with Crippen LogP contribution in [0.2, 0.25) is 0 Å². The van der Waals surface area contributed by atoms with Crippen molar-refractivity contribution in [2.24, 2.45) is 0 Å². The summed E-state index contributed by atoms with van der Waals surface area (Å²) in [5, 5.41) is 15.6. The number of aliphatic carboxylic acids is 1. The summed E-state index contributed by atoms with van der Waals surface area (Å²) in [7, 11) is 0. The van der Waals surface area contributed by atoms with Crippen LogP contribution in [0.5, 0.6) is 0 Å². The van der Waals surface area contributed by atoms with Crippen molar-refractivity contribution in [1.82, 2.24) is 9.38 Å². The van der Waals surface area contributed by atoms with Crippen molar-refractivity contribution < 1.29 is 9.90 Å². The molecule has 0 atom stereocenters. The molecule has 0 spiro atoms. The molecule has 1 aliphatic carbocycles. The fraction of sp³-hybridized carbons (Fsp3) is 0.538. The van der Waals surface area contributed by atoms with Crippen LogP contribution < -0.4 is 10.4 Å². The lowest BCUT2D eigenvalue weighted by molar-refractivity contribution is -0.302. The van der Waals surface area contributed by atoms with Crippen LogP contribution in [-0.2, 0) is 4.79 Å². The Hall–Kier alpha value is -1.56. The van der Waals surface area contributed by atoms with E-state index in [0.29, 0.717) is 5.92 Å². The molecular weight excluding hydrogens is 262 g/mol. The Bertz CT molecular complexity index is 584. The van der Waals surface area contributed by atoms with Crippen LogP contribution in [0.15, 0.2) is 11.6 Å². The van der Waals surface area contributed by atoms with E-state index in [2.05, 4.69) is 10.3 Å². The largest absolute Gasteiger partial charge is 0.548 e. The zero-order chi connectivity index (χ0) is 13.2. The molecule has 2 heterocycles. The van der Waals surface area contributed by atoms with Gasteiger partial charge in [0.1, 0.15) is 5.82 Å². The molecule has 1 aliphatic rings. The molecule has 0 saturated heterocycles. The fourth-order valence-corrected chi connectivity index (χ4v) is 3.52. The van der Waals surface area contributed by atoms with Gasteiger partial charge in [0.05, 0.1) is 18.2 Å². The van der Waals surface area contributed by atoms with Gasteiger partial charge in [-0.15, -0.1) is 11.3 Å². The number of carbonyl (C=O) groups excluding carboxylic acids is 1. The second-order valence-corrected chi connectivity index (χ2v) is 5.83. The number of aromatic nitrogens is 2. The molecule has 0 aliphatic heterocycles. The first-order valence-corrected chi connectivity index (χ1v) is 7.53. The van der Waals surface area contributed by atoms with E-state index in [0.717, 1.165) is 29.3 Å². The Morgan fingerprint density at radius 1 is 1.47 bits per heavy atom. The van der Waals surface area contributed by atoms with Gasteiger partial charge in [-0.25, -0.2) is 4.98 Å². The van der Waals surface area contributed by atoms with Crippen LogP contribution in [0.4, 0.5) is 5.82 Å². The number of carbonyl (C=O) groups is 1. The van der Waals surface area contributed by atoms with Gasteiger partial charge in [-0.3, -0.25) is 4.40 Å². The monoisotopic (exact) mass is 278 g/mol. The first-order chi connectivity index (χ1) is 9.25. The van der Waals surface area contributed by atoms with Gasteiger partial charge < -0.3 is 15.2 Å². The van der Waals surface area contributed by atoms with E-state index >= 15 is 0 Å². The summed E-state index contributed by atoms with van der Waals surface area (Å²) in [5.41, 5.74) is 1.02. The number of thiazole rings is 1. The molecule has 0 bridgehead atoms. The summed E-state index contributed by atoms with van der Waals surface area (Å²) < 4.78 is 1.94. The Balaban J connectivity index is 1.94. The molecule has 0 aromatic carbocycles. The lowest BCUT2D eigenvalue weighted by Crippen LogP contribution is -2.30. The zero-order valence-electron chi connectivity index (χ0n) is 10.6. The van der Waals surface area contributed by atoms with Crippen molar-refractivity contribution >= 4 is 28.1 Å². The smallest absolute Gasteiger partial charge is 0.195 e. The number of hydrogen-bond acceptors (Lipinski definition) is 5. The first kappa shape index (κ1) is 12.5. The maximum absolute atomic E-state index is 10.7. The average molecular weight is 278 g/mol. The Morgan fingerprint density at radius 2 is 2.26 bits per heavy atom. The standard InChI is InChI=1S/C13H17N3O2S/c17-10(18)8-14-12-11(9-4-2-1-3-5-9)15-13-16(12)6-7-19-13/h6-7,9,14H,1-5,8H2,(H,17,18)/p-1. The summed E-state index contributed by atoms with van der Waals surface area (Å²) in [5.74, 6) is 0.178. The quantitative estimate of drug-likeness (QED) is 0.922. The Labute approximate surface area is 115 Å². The van der Waals surface area contributed by atoms with E-state index in [9.17, 15) is 9.90 Å². The van der Waals surface area contributed by atoms with Crippen molar-refractivity contribution in [2.45, 2.75) is 38.0 Å². The number of rotatable bonds is 4. The first-order valence-electron chi connectivity index (χ1n) is 6.65. The highest BCUT2D eigenvalue weighted by Gasteiger charge is 2.23. The fourth-order valence-electron chi connectivity index (χ4n) is 2.79. The molecule has 2 aromatic heterocycles. The number of nitrogens with one attached hydrogen (secondary N) is 1. The third-order valence-electron chi connectivity index (χ3n) is 3.68. The normalized spacial score (nSPS) is 16.8. The van der Waals surface area contributed by atoms with E-state index in [1.165, 1.54) is 19.3 Å². The molecule has 1 saturated carbocycles. The van der Waals surface area contributed by atoms with Crippen LogP contribution in [0, 0.1) is 0 Å². The Kier molecular flexibility index (Phi) is 3.42. The molecule has 0 amide bonds. The molecule has 0 radical (unpaired) electrons. The van der Waals surface area contributed by atoms with Crippen LogP contribution in [-0.4, -0.2) is 21.9 Å². The second kappa shape index (κ2) is 5.21. The third-order valence-corrected chi connectivity index (χ3v) is 4.44. The zero-order valence-corrected chi connectivity index (χ0v) is 11.4. The van der Waals surface area contributed by atoms with Crippen molar-refractivity contribution in [1.29, 1.82) is 0 Å². The minimum Gasteiger partial charge on any atom is -0.548 e.